The Morgan fingerprint density at radius 2 is 1.81 bits per heavy atom. The summed E-state index contributed by atoms with van der Waals surface area (Å²) in [5.74, 6) is -0.449. The van der Waals surface area contributed by atoms with E-state index in [1.807, 2.05) is 32.0 Å². The number of aryl methyl sites for hydroxylation is 3. The number of aromatic nitrogens is 1. The van der Waals surface area contributed by atoms with Crippen LogP contribution in [-0.4, -0.2) is 11.1 Å². The zero-order valence-electron chi connectivity index (χ0n) is 14.7. The summed E-state index contributed by atoms with van der Waals surface area (Å²) in [5, 5.41) is 7.06. The molecule has 0 aliphatic carbocycles. The van der Waals surface area contributed by atoms with E-state index in [1.165, 1.54) is 12.1 Å². The number of nitrogens with zero attached hydrogens (tertiary/aromatic N) is 1. The third-order valence-electron chi connectivity index (χ3n) is 4.30. The van der Waals surface area contributed by atoms with Gasteiger partial charge in [0.1, 0.15) is 22.8 Å². The Balaban J connectivity index is 1.93. The molecule has 3 rings (SSSR count). The van der Waals surface area contributed by atoms with Crippen LogP contribution in [0.15, 0.2) is 40.9 Å². The van der Waals surface area contributed by atoms with E-state index >= 15 is 0 Å². The maximum absolute atomic E-state index is 13.9. The lowest BCUT2D eigenvalue weighted by Gasteiger charge is -2.10. The first-order valence-electron chi connectivity index (χ1n) is 8.14. The molecule has 0 fully saturated rings. The summed E-state index contributed by atoms with van der Waals surface area (Å²) in [4.78, 5) is 12.8. The van der Waals surface area contributed by atoms with Gasteiger partial charge in [0.2, 0.25) is 0 Å². The molecule has 1 amide bonds. The molecule has 0 spiro atoms. The molecule has 4 nitrogen and oxygen atoms in total. The van der Waals surface area contributed by atoms with E-state index in [9.17, 15) is 9.18 Å². The summed E-state index contributed by atoms with van der Waals surface area (Å²) in [5.41, 5.74) is 3.91. The average Bonchev–Trinajstić information content (AvgIpc) is 2.95. The molecule has 2 aromatic carbocycles. The summed E-state index contributed by atoms with van der Waals surface area (Å²) in [6.45, 7) is 5.55. The van der Waals surface area contributed by atoms with Gasteiger partial charge in [-0.1, -0.05) is 41.0 Å². The van der Waals surface area contributed by atoms with Gasteiger partial charge < -0.3 is 9.84 Å². The highest BCUT2D eigenvalue weighted by molar-refractivity contribution is 6.31. The van der Waals surface area contributed by atoms with E-state index in [0.29, 0.717) is 17.0 Å². The minimum absolute atomic E-state index is 0.0266. The number of carbonyl (C=O) groups excluding carboxylic acids is 1. The summed E-state index contributed by atoms with van der Waals surface area (Å²) < 4.78 is 19.2. The second-order valence-electron chi connectivity index (χ2n) is 6.11. The fourth-order valence-corrected chi connectivity index (χ4v) is 3.19. The lowest BCUT2D eigenvalue weighted by molar-refractivity contribution is 0.0949. The Morgan fingerprint density at radius 1 is 1.15 bits per heavy atom. The number of hydrogen-bond acceptors (Lipinski definition) is 3. The van der Waals surface area contributed by atoms with Crippen LogP contribution < -0.4 is 5.32 Å². The number of rotatable bonds is 4. The molecule has 0 saturated carbocycles. The van der Waals surface area contributed by atoms with Crippen LogP contribution in [0.25, 0.3) is 11.3 Å². The van der Waals surface area contributed by atoms with E-state index < -0.39 is 5.82 Å². The second-order valence-corrected chi connectivity index (χ2v) is 6.52. The predicted octanol–water partition coefficient (Wildman–Crippen LogP) is 4.99. The van der Waals surface area contributed by atoms with Crippen molar-refractivity contribution in [2.24, 2.45) is 0 Å². The van der Waals surface area contributed by atoms with Crippen molar-refractivity contribution in [2.45, 2.75) is 27.3 Å². The maximum atomic E-state index is 13.9. The van der Waals surface area contributed by atoms with Crippen LogP contribution in [0.2, 0.25) is 5.02 Å². The molecule has 0 bridgehead atoms. The fraction of sp³-hybridized carbons (Fsp3) is 0.200. The molecule has 0 saturated heterocycles. The molecule has 1 N–H and O–H groups in total. The molecule has 1 aromatic heterocycles. The summed E-state index contributed by atoms with van der Waals surface area (Å²) in [6.07, 6.45) is 0. The second kappa shape index (κ2) is 7.30. The third kappa shape index (κ3) is 3.35. The molecule has 6 heteroatoms. The molecule has 0 atom stereocenters. The van der Waals surface area contributed by atoms with E-state index in [0.717, 1.165) is 16.7 Å². The molecule has 0 aliphatic heterocycles. The first-order valence-corrected chi connectivity index (χ1v) is 8.52. The number of carbonyl (C=O) groups is 1. The predicted molar refractivity (Wildman–Crippen MR) is 98.7 cm³/mol. The lowest BCUT2D eigenvalue weighted by atomic mass is 9.96. The third-order valence-corrected chi connectivity index (χ3v) is 4.65. The van der Waals surface area contributed by atoms with Crippen molar-refractivity contribution in [3.05, 3.63) is 75.3 Å². The lowest BCUT2D eigenvalue weighted by Crippen LogP contribution is -2.24. The van der Waals surface area contributed by atoms with Crippen molar-refractivity contribution in [1.82, 2.24) is 10.5 Å². The quantitative estimate of drug-likeness (QED) is 0.702. The highest BCUT2D eigenvalue weighted by atomic mass is 35.5. The largest absolute Gasteiger partial charge is 0.360 e. The van der Waals surface area contributed by atoms with Gasteiger partial charge in [-0.3, -0.25) is 4.79 Å². The maximum Gasteiger partial charge on any atom is 0.257 e. The molecule has 0 unspecified atom stereocenters. The zero-order valence-corrected chi connectivity index (χ0v) is 15.4. The van der Waals surface area contributed by atoms with E-state index in [-0.39, 0.29) is 23.0 Å². The van der Waals surface area contributed by atoms with Crippen LogP contribution in [0.3, 0.4) is 0 Å². The highest BCUT2D eigenvalue weighted by Gasteiger charge is 2.24. The van der Waals surface area contributed by atoms with Gasteiger partial charge in [-0.25, -0.2) is 4.39 Å². The Morgan fingerprint density at radius 3 is 2.46 bits per heavy atom. The van der Waals surface area contributed by atoms with Crippen LogP contribution in [0.5, 0.6) is 0 Å². The monoisotopic (exact) mass is 372 g/mol. The van der Waals surface area contributed by atoms with Crippen LogP contribution in [0.1, 0.15) is 32.8 Å². The van der Waals surface area contributed by atoms with E-state index in [1.54, 1.807) is 13.0 Å². The molecule has 1 heterocycles. The molecule has 0 radical (unpaired) electrons. The van der Waals surface area contributed by atoms with E-state index in [2.05, 4.69) is 10.5 Å². The highest BCUT2D eigenvalue weighted by Crippen LogP contribution is 2.31. The van der Waals surface area contributed by atoms with Crippen molar-refractivity contribution in [2.75, 3.05) is 0 Å². The first-order chi connectivity index (χ1) is 12.4. The van der Waals surface area contributed by atoms with Gasteiger partial charge in [-0.15, -0.1) is 0 Å². The number of amides is 1. The number of hydrogen-bond donors (Lipinski definition) is 1. The molecule has 3 aromatic rings. The smallest absolute Gasteiger partial charge is 0.257 e. The van der Waals surface area contributed by atoms with Crippen molar-refractivity contribution in [1.29, 1.82) is 0 Å². The van der Waals surface area contributed by atoms with Crippen molar-refractivity contribution in [3.8, 4) is 11.3 Å². The summed E-state index contributed by atoms with van der Waals surface area (Å²) >= 11 is 6.02. The van der Waals surface area contributed by atoms with Gasteiger partial charge in [0.15, 0.2) is 0 Å². The van der Waals surface area contributed by atoms with Crippen LogP contribution in [0.4, 0.5) is 4.39 Å². The molecule has 0 aliphatic rings. The van der Waals surface area contributed by atoms with Gasteiger partial charge in [0, 0.05) is 22.7 Å². The Labute approximate surface area is 156 Å². The van der Waals surface area contributed by atoms with Gasteiger partial charge in [0.05, 0.1) is 0 Å². The Hall–Kier alpha value is -2.66. The first kappa shape index (κ1) is 18.1. The fourth-order valence-electron chi connectivity index (χ4n) is 2.96. The standard InChI is InChI=1S/C20H18ClFN2O2/c1-11-6-4-7-12(2)17(11)19-18(13(3)26-24-19)20(25)23-10-14-15(21)8-5-9-16(14)22/h4-9H,10H2,1-3H3,(H,23,25). The molecular formula is C20H18ClFN2O2. The number of nitrogens with one attached hydrogen (secondary N) is 1. The van der Waals surface area contributed by atoms with Crippen LogP contribution >= 0.6 is 11.6 Å². The Kier molecular flexibility index (Phi) is 5.09. The normalized spacial score (nSPS) is 10.8. The van der Waals surface area contributed by atoms with Crippen molar-refractivity contribution < 1.29 is 13.7 Å². The minimum Gasteiger partial charge on any atom is -0.360 e. The average molecular weight is 373 g/mol. The van der Waals surface area contributed by atoms with Gasteiger partial charge in [-0.2, -0.15) is 0 Å². The van der Waals surface area contributed by atoms with Crippen LogP contribution in [-0.2, 0) is 6.54 Å². The minimum atomic E-state index is -0.463. The molecule has 26 heavy (non-hydrogen) atoms. The van der Waals surface area contributed by atoms with Crippen LogP contribution in [0, 0.1) is 26.6 Å². The molecular weight excluding hydrogens is 355 g/mol. The SMILES string of the molecule is Cc1cccc(C)c1-c1noc(C)c1C(=O)NCc1c(F)cccc1Cl. The number of benzene rings is 2. The van der Waals surface area contributed by atoms with Gasteiger partial charge in [-0.05, 0) is 44.0 Å². The van der Waals surface area contributed by atoms with E-state index in [4.69, 9.17) is 16.1 Å². The Bertz CT molecular complexity index is 941. The van der Waals surface area contributed by atoms with Crippen molar-refractivity contribution >= 4 is 17.5 Å². The van der Waals surface area contributed by atoms with Crippen molar-refractivity contribution in [3.63, 3.8) is 0 Å². The zero-order chi connectivity index (χ0) is 18.8. The summed E-state index contributed by atoms with van der Waals surface area (Å²) in [6, 6.07) is 10.3. The van der Waals surface area contributed by atoms with Gasteiger partial charge in [0.25, 0.3) is 5.91 Å². The number of halogens is 2. The topological polar surface area (TPSA) is 55.1 Å². The molecule has 134 valence electrons. The van der Waals surface area contributed by atoms with Gasteiger partial charge >= 0.3 is 0 Å². The summed E-state index contributed by atoms with van der Waals surface area (Å²) in [7, 11) is 0.